The van der Waals surface area contributed by atoms with E-state index in [1.165, 1.54) is 18.8 Å². The molecular weight excluding hydrogens is 402 g/mol. The first-order chi connectivity index (χ1) is 14.5. The first kappa shape index (κ1) is 22.5. The van der Waals surface area contributed by atoms with Crippen LogP contribution in [0, 0.1) is 0 Å². The molecule has 0 atom stereocenters. The van der Waals surface area contributed by atoms with Crippen LogP contribution in [0.15, 0.2) is 14.6 Å². The van der Waals surface area contributed by atoms with Gasteiger partial charge in [0, 0.05) is 26.1 Å². The fraction of sp³-hybridized carbons (Fsp3) is 0.667. The Balaban J connectivity index is 2.01. The first-order valence-electron chi connectivity index (χ1n) is 10.9. The molecule has 0 aromatic carbocycles. The first-order valence-corrected chi connectivity index (χ1v) is 11.9. The second-order valence-electron chi connectivity index (χ2n) is 7.88. The predicted molar refractivity (Wildman–Crippen MR) is 119 cm³/mol. The number of nitrogens with one attached hydrogen (secondary N) is 1. The Morgan fingerprint density at radius 3 is 2.57 bits per heavy atom. The number of fused-ring (bicyclic) bond motifs is 1. The smallest absolute Gasteiger partial charge is 0.332 e. The third-order valence-electron chi connectivity index (χ3n) is 5.18. The van der Waals surface area contributed by atoms with E-state index in [0.29, 0.717) is 34.8 Å². The molecule has 2 aromatic heterocycles. The Hall–Kier alpha value is -2.16. The highest BCUT2D eigenvalue weighted by Gasteiger charge is 2.24. The molecule has 9 heteroatoms. The number of amides is 1. The van der Waals surface area contributed by atoms with Crippen molar-refractivity contribution in [3.63, 3.8) is 0 Å². The van der Waals surface area contributed by atoms with Crippen LogP contribution in [-0.2, 0) is 24.8 Å². The molecule has 164 valence electrons. The van der Waals surface area contributed by atoms with Gasteiger partial charge in [0.25, 0.3) is 5.56 Å². The van der Waals surface area contributed by atoms with Crippen molar-refractivity contribution in [1.29, 1.82) is 0 Å². The Bertz CT molecular complexity index is 1030. The van der Waals surface area contributed by atoms with Crippen molar-refractivity contribution in [3.05, 3.63) is 26.7 Å². The standard InChI is InChI=1S/C21H31N5O3S/c1-4-6-7-8-9-15-23-18-17(20(28)25(3)21(29)26(18)12-5-2)19(24-15)30-13-16(27)22-14-10-11-14/h14H,4-13H2,1-3H3,(H,22,27). The summed E-state index contributed by atoms with van der Waals surface area (Å²) < 4.78 is 2.67. The van der Waals surface area contributed by atoms with Gasteiger partial charge in [0.05, 0.1) is 5.75 Å². The summed E-state index contributed by atoms with van der Waals surface area (Å²) in [5.74, 6) is 0.757. The highest BCUT2D eigenvalue weighted by molar-refractivity contribution is 8.00. The molecule has 1 saturated carbocycles. The molecule has 1 N–H and O–H groups in total. The van der Waals surface area contributed by atoms with Crippen molar-refractivity contribution >= 4 is 28.7 Å². The van der Waals surface area contributed by atoms with Crippen molar-refractivity contribution in [2.24, 2.45) is 7.05 Å². The van der Waals surface area contributed by atoms with Gasteiger partial charge in [-0.15, -0.1) is 0 Å². The molecule has 1 aliphatic rings. The Kier molecular flexibility index (Phi) is 7.69. The van der Waals surface area contributed by atoms with Gasteiger partial charge in [-0.2, -0.15) is 0 Å². The van der Waals surface area contributed by atoms with Crippen LogP contribution < -0.4 is 16.6 Å². The molecule has 8 nitrogen and oxygen atoms in total. The van der Waals surface area contributed by atoms with Gasteiger partial charge in [-0.05, 0) is 25.7 Å². The fourth-order valence-electron chi connectivity index (χ4n) is 3.36. The zero-order valence-electron chi connectivity index (χ0n) is 18.1. The average molecular weight is 434 g/mol. The summed E-state index contributed by atoms with van der Waals surface area (Å²) in [6.07, 6.45) is 7.82. The highest BCUT2D eigenvalue weighted by atomic mass is 32.2. The monoisotopic (exact) mass is 433 g/mol. The van der Waals surface area contributed by atoms with Crippen LogP contribution in [0.5, 0.6) is 0 Å². The number of hydrogen-bond donors (Lipinski definition) is 1. The molecule has 0 saturated heterocycles. The predicted octanol–water partition coefficient (Wildman–Crippen LogP) is 2.39. The summed E-state index contributed by atoms with van der Waals surface area (Å²) in [7, 11) is 1.48. The van der Waals surface area contributed by atoms with Gasteiger partial charge in [0.2, 0.25) is 5.91 Å². The number of carbonyl (C=O) groups is 1. The minimum Gasteiger partial charge on any atom is -0.353 e. The van der Waals surface area contributed by atoms with E-state index in [4.69, 9.17) is 0 Å². The Morgan fingerprint density at radius 2 is 1.90 bits per heavy atom. The van der Waals surface area contributed by atoms with Gasteiger partial charge in [-0.3, -0.25) is 18.7 Å². The molecule has 30 heavy (non-hydrogen) atoms. The highest BCUT2D eigenvalue weighted by Crippen LogP contribution is 2.24. The second kappa shape index (κ2) is 10.2. The fourth-order valence-corrected chi connectivity index (χ4v) is 4.21. The van der Waals surface area contributed by atoms with Crippen molar-refractivity contribution in [2.75, 3.05) is 5.75 Å². The number of aromatic nitrogens is 4. The molecular formula is C21H31N5O3S. The minimum atomic E-state index is -0.412. The molecule has 0 radical (unpaired) electrons. The Labute approximate surface area is 180 Å². The number of nitrogens with zero attached hydrogens (tertiary/aromatic N) is 4. The van der Waals surface area contributed by atoms with E-state index in [9.17, 15) is 14.4 Å². The number of unbranched alkanes of at least 4 members (excludes halogenated alkanes) is 3. The van der Waals surface area contributed by atoms with Crippen LogP contribution in [0.4, 0.5) is 0 Å². The lowest BCUT2D eigenvalue weighted by atomic mass is 10.1. The maximum Gasteiger partial charge on any atom is 0.332 e. The molecule has 1 aliphatic carbocycles. The maximum absolute atomic E-state index is 12.9. The molecule has 2 aromatic rings. The van der Waals surface area contributed by atoms with Crippen LogP contribution >= 0.6 is 11.8 Å². The SMILES string of the molecule is CCCCCCc1nc(SCC(=O)NC2CC2)c2c(=O)n(C)c(=O)n(CCC)c2n1. The quantitative estimate of drug-likeness (QED) is 0.332. The van der Waals surface area contributed by atoms with Crippen LogP contribution in [-0.4, -0.2) is 36.8 Å². The normalized spacial score (nSPS) is 13.7. The van der Waals surface area contributed by atoms with Gasteiger partial charge < -0.3 is 5.32 Å². The zero-order chi connectivity index (χ0) is 21.7. The van der Waals surface area contributed by atoms with E-state index in [1.54, 1.807) is 4.57 Å². The van der Waals surface area contributed by atoms with E-state index in [1.807, 2.05) is 6.92 Å². The van der Waals surface area contributed by atoms with Crippen LogP contribution in [0.25, 0.3) is 11.0 Å². The number of hydrogen-bond acceptors (Lipinski definition) is 6. The molecule has 3 rings (SSSR count). The molecule has 1 amide bonds. The summed E-state index contributed by atoms with van der Waals surface area (Å²) in [5.41, 5.74) is -0.395. The van der Waals surface area contributed by atoms with Crippen LogP contribution in [0.1, 0.15) is 64.6 Å². The number of aryl methyl sites for hydroxylation is 2. The topological polar surface area (TPSA) is 98.9 Å². The van der Waals surface area contributed by atoms with Gasteiger partial charge in [-0.1, -0.05) is 44.9 Å². The Morgan fingerprint density at radius 1 is 1.13 bits per heavy atom. The van der Waals surface area contributed by atoms with Gasteiger partial charge in [0.1, 0.15) is 16.2 Å². The summed E-state index contributed by atoms with van der Waals surface area (Å²) in [6.45, 7) is 4.61. The molecule has 0 aliphatic heterocycles. The van der Waals surface area contributed by atoms with E-state index < -0.39 is 5.56 Å². The third-order valence-corrected chi connectivity index (χ3v) is 6.15. The molecule has 2 heterocycles. The zero-order valence-corrected chi connectivity index (χ0v) is 18.9. The van der Waals surface area contributed by atoms with Gasteiger partial charge >= 0.3 is 5.69 Å². The van der Waals surface area contributed by atoms with Crippen molar-refractivity contribution in [2.45, 2.75) is 82.8 Å². The third kappa shape index (κ3) is 5.30. The van der Waals surface area contributed by atoms with E-state index in [2.05, 4.69) is 22.2 Å². The van der Waals surface area contributed by atoms with Gasteiger partial charge in [-0.25, -0.2) is 14.8 Å². The van der Waals surface area contributed by atoms with Crippen molar-refractivity contribution in [3.8, 4) is 0 Å². The maximum atomic E-state index is 12.9. The largest absolute Gasteiger partial charge is 0.353 e. The number of thioether (sulfide) groups is 1. The van der Waals surface area contributed by atoms with E-state index in [-0.39, 0.29) is 23.4 Å². The minimum absolute atomic E-state index is 0.0579. The lowest BCUT2D eigenvalue weighted by Crippen LogP contribution is -2.39. The number of rotatable bonds is 11. The summed E-state index contributed by atoms with van der Waals surface area (Å²) in [4.78, 5) is 47.1. The van der Waals surface area contributed by atoms with Crippen LogP contribution in [0.3, 0.4) is 0 Å². The second-order valence-corrected chi connectivity index (χ2v) is 8.85. The van der Waals surface area contributed by atoms with E-state index >= 15 is 0 Å². The summed E-state index contributed by atoms with van der Waals surface area (Å²) in [6, 6.07) is 0.289. The summed E-state index contributed by atoms with van der Waals surface area (Å²) in [5, 5.41) is 3.77. The molecule has 0 spiro atoms. The van der Waals surface area contributed by atoms with E-state index in [0.717, 1.165) is 49.5 Å². The average Bonchev–Trinajstić information content (AvgIpc) is 3.54. The van der Waals surface area contributed by atoms with Crippen LogP contribution in [0.2, 0.25) is 0 Å². The lowest BCUT2D eigenvalue weighted by Gasteiger charge is -2.14. The number of carbonyl (C=O) groups excluding carboxylic acids is 1. The molecule has 1 fully saturated rings. The molecule has 0 unspecified atom stereocenters. The van der Waals surface area contributed by atoms with Crippen molar-refractivity contribution in [1.82, 2.24) is 24.4 Å². The van der Waals surface area contributed by atoms with Gasteiger partial charge in [0.15, 0.2) is 5.65 Å². The lowest BCUT2D eigenvalue weighted by molar-refractivity contribution is -0.118. The van der Waals surface area contributed by atoms with Crippen molar-refractivity contribution < 1.29 is 4.79 Å². The summed E-state index contributed by atoms with van der Waals surface area (Å²) >= 11 is 1.25. The molecule has 0 bridgehead atoms.